The van der Waals surface area contributed by atoms with E-state index in [9.17, 15) is 20.0 Å². The van der Waals surface area contributed by atoms with Gasteiger partial charge in [0.25, 0.3) is 5.56 Å². The maximum atomic E-state index is 12.9. The Labute approximate surface area is 139 Å². The lowest BCUT2D eigenvalue weighted by Gasteiger charge is -2.14. The van der Waals surface area contributed by atoms with E-state index in [1.165, 1.54) is 14.0 Å². The van der Waals surface area contributed by atoms with E-state index in [-0.39, 0.29) is 22.3 Å². The van der Waals surface area contributed by atoms with E-state index in [2.05, 4.69) is 0 Å². The number of carbonyl (C=O) groups excluding carboxylic acids is 1. The van der Waals surface area contributed by atoms with E-state index in [0.29, 0.717) is 12.4 Å². The molecule has 124 valence electrons. The highest BCUT2D eigenvalue weighted by molar-refractivity contribution is 6.13. The Balaban J connectivity index is 2.67. The molecule has 0 radical (unpaired) electrons. The van der Waals surface area contributed by atoms with Crippen molar-refractivity contribution in [3.05, 3.63) is 56.9 Å². The average Bonchev–Trinajstić information content (AvgIpc) is 2.58. The van der Waals surface area contributed by atoms with Gasteiger partial charge in [-0.2, -0.15) is 5.26 Å². The number of benzene rings is 1. The summed E-state index contributed by atoms with van der Waals surface area (Å²) >= 11 is 0. The number of pyridine rings is 1. The molecule has 0 bridgehead atoms. The van der Waals surface area contributed by atoms with Crippen molar-refractivity contribution in [2.75, 3.05) is 6.61 Å². The van der Waals surface area contributed by atoms with E-state index < -0.39 is 17.2 Å². The standard InChI is InChI=1S/C18H18N2O4/c1-4-9-24-14-8-6-5-7-12(14)16(21)15-11(2)13(10-19)17(22)20(3)18(15)23/h5-8,23H,4,9H2,1-3H3. The number of ether oxygens (including phenoxy) is 1. The van der Waals surface area contributed by atoms with Gasteiger partial charge in [-0.05, 0) is 31.0 Å². The SMILES string of the molecule is CCCOc1ccccc1C(=O)c1c(C)c(C#N)c(=O)n(C)c1O. The minimum atomic E-state index is -0.639. The molecule has 0 aliphatic carbocycles. The van der Waals surface area contributed by atoms with Crippen LogP contribution in [-0.4, -0.2) is 22.1 Å². The molecule has 1 N–H and O–H groups in total. The number of nitriles is 1. The number of nitrogens with zero attached hydrogens (tertiary/aromatic N) is 2. The summed E-state index contributed by atoms with van der Waals surface area (Å²) in [7, 11) is 1.31. The first-order chi connectivity index (χ1) is 11.4. The van der Waals surface area contributed by atoms with Gasteiger partial charge in [0.1, 0.15) is 17.4 Å². The zero-order chi connectivity index (χ0) is 17.9. The molecule has 0 saturated heterocycles. The maximum Gasteiger partial charge on any atom is 0.271 e. The normalized spacial score (nSPS) is 10.2. The largest absolute Gasteiger partial charge is 0.494 e. The van der Waals surface area contributed by atoms with Crippen LogP contribution in [0.2, 0.25) is 0 Å². The molecule has 24 heavy (non-hydrogen) atoms. The summed E-state index contributed by atoms with van der Waals surface area (Å²) in [5.41, 5.74) is -0.438. The van der Waals surface area contributed by atoms with E-state index in [0.717, 1.165) is 11.0 Å². The first kappa shape index (κ1) is 17.3. The summed E-state index contributed by atoms with van der Waals surface area (Å²) in [5.74, 6) is -0.564. The second kappa shape index (κ2) is 7.01. The number of ketones is 1. The number of para-hydroxylation sites is 1. The van der Waals surface area contributed by atoms with Gasteiger partial charge in [-0.25, -0.2) is 0 Å². The Hall–Kier alpha value is -3.07. The van der Waals surface area contributed by atoms with Crippen molar-refractivity contribution in [1.82, 2.24) is 4.57 Å². The van der Waals surface area contributed by atoms with E-state index in [1.54, 1.807) is 30.3 Å². The molecule has 1 aromatic heterocycles. The van der Waals surface area contributed by atoms with Gasteiger partial charge in [0, 0.05) is 7.05 Å². The summed E-state index contributed by atoms with van der Waals surface area (Å²) in [6.07, 6.45) is 0.783. The van der Waals surface area contributed by atoms with Gasteiger partial charge in [0.15, 0.2) is 0 Å². The number of hydrogen-bond donors (Lipinski definition) is 1. The number of hydrogen-bond acceptors (Lipinski definition) is 5. The van der Waals surface area contributed by atoms with Crippen molar-refractivity contribution in [1.29, 1.82) is 5.26 Å². The van der Waals surface area contributed by atoms with Crippen LogP contribution in [0.1, 0.15) is 40.4 Å². The molecule has 0 spiro atoms. The Morgan fingerprint density at radius 2 is 2.04 bits per heavy atom. The molecule has 0 aliphatic rings. The fraction of sp³-hybridized carbons (Fsp3) is 0.278. The third-order valence-corrected chi connectivity index (χ3v) is 3.74. The second-order valence-corrected chi connectivity index (χ2v) is 5.35. The lowest BCUT2D eigenvalue weighted by molar-refractivity contribution is 0.103. The van der Waals surface area contributed by atoms with Gasteiger partial charge in [0.2, 0.25) is 11.7 Å². The molecule has 6 heteroatoms. The molecule has 0 amide bonds. The third kappa shape index (κ3) is 2.88. The average molecular weight is 326 g/mol. The van der Waals surface area contributed by atoms with E-state index >= 15 is 0 Å². The lowest BCUT2D eigenvalue weighted by atomic mass is 9.97. The molecule has 6 nitrogen and oxygen atoms in total. The Kier molecular flexibility index (Phi) is 5.05. The summed E-state index contributed by atoms with van der Waals surface area (Å²) in [4.78, 5) is 24.9. The lowest BCUT2D eigenvalue weighted by Crippen LogP contribution is -2.24. The van der Waals surface area contributed by atoms with Gasteiger partial charge < -0.3 is 9.84 Å². The molecular weight excluding hydrogens is 308 g/mol. The van der Waals surface area contributed by atoms with E-state index in [4.69, 9.17) is 4.74 Å². The minimum absolute atomic E-state index is 0.0683. The summed E-state index contributed by atoms with van der Waals surface area (Å²) in [5, 5.41) is 19.5. The molecule has 0 aliphatic heterocycles. The summed E-state index contributed by atoms with van der Waals surface area (Å²) < 4.78 is 6.48. The minimum Gasteiger partial charge on any atom is -0.494 e. The zero-order valence-electron chi connectivity index (χ0n) is 13.8. The van der Waals surface area contributed by atoms with Gasteiger partial charge in [-0.15, -0.1) is 0 Å². The first-order valence-electron chi connectivity index (χ1n) is 7.53. The summed E-state index contributed by atoms with van der Waals surface area (Å²) in [6.45, 7) is 3.88. The monoisotopic (exact) mass is 326 g/mol. The van der Waals surface area contributed by atoms with Crippen molar-refractivity contribution in [3.63, 3.8) is 0 Å². The highest BCUT2D eigenvalue weighted by Crippen LogP contribution is 2.28. The molecule has 0 saturated carbocycles. The van der Waals surface area contributed by atoms with Crippen molar-refractivity contribution >= 4 is 5.78 Å². The molecule has 2 rings (SSSR count). The van der Waals surface area contributed by atoms with Crippen LogP contribution >= 0.6 is 0 Å². The van der Waals surface area contributed by atoms with Gasteiger partial charge in [-0.1, -0.05) is 19.1 Å². The van der Waals surface area contributed by atoms with Crippen LogP contribution in [0.5, 0.6) is 11.6 Å². The number of rotatable bonds is 5. The van der Waals surface area contributed by atoms with Gasteiger partial charge in [0.05, 0.1) is 17.7 Å². The highest BCUT2D eigenvalue weighted by Gasteiger charge is 2.25. The predicted octanol–water partition coefficient (Wildman–Crippen LogP) is 2.29. The van der Waals surface area contributed by atoms with Crippen molar-refractivity contribution in [2.45, 2.75) is 20.3 Å². The fourth-order valence-electron chi connectivity index (χ4n) is 2.41. The van der Waals surface area contributed by atoms with Crippen LogP contribution in [0.15, 0.2) is 29.1 Å². The van der Waals surface area contributed by atoms with Crippen LogP contribution in [0, 0.1) is 18.3 Å². The zero-order valence-corrected chi connectivity index (χ0v) is 13.8. The Morgan fingerprint density at radius 3 is 2.67 bits per heavy atom. The quantitative estimate of drug-likeness (QED) is 0.851. The van der Waals surface area contributed by atoms with Crippen LogP contribution in [-0.2, 0) is 7.05 Å². The highest BCUT2D eigenvalue weighted by atomic mass is 16.5. The number of aromatic hydroxyl groups is 1. The van der Waals surface area contributed by atoms with Gasteiger partial charge >= 0.3 is 0 Å². The van der Waals surface area contributed by atoms with Crippen LogP contribution in [0.3, 0.4) is 0 Å². The predicted molar refractivity (Wildman–Crippen MR) is 88.5 cm³/mol. The van der Waals surface area contributed by atoms with Crippen molar-refractivity contribution in [3.8, 4) is 17.7 Å². The van der Waals surface area contributed by atoms with Crippen molar-refractivity contribution < 1.29 is 14.6 Å². The van der Waals surface area contributed by atoms with Crippen LogP contribution in [0.4, 0.5) is 0 Å². The maximum absolute atomic E-state index is 12.9. The van der Waals surface area contributed by atoms with Gasteiger partial charge in [-0.3, -0.25) is 14.2 Å². The Morgan fingerprint density at radius 1 is 1.38 bits per heavy atom. The molecule has 2 aromatic rings. The number of aromatic nitrogens is 1. The van der Waals surface area contributed by atoms with Crippen LogP contribution < -0.4 is 10.3 Å². The molecule has 0 atom stereocenters. The van der Waals surface area contributed by atoms with Crippen LogP contribution in [0.25, 0.3) is 0 Å². The number of carbonyl (C=O) groups is 1. The third-order valence-electron chi connectivity index (χ3n) is 3.74. The second-order valence-electron chi connectivity index (χ2n) is 5.35. The molecule has 0 unspecified atom stereocenters. The fourth-order valence-corrected chi connectivity index (χ4v) is 2.41. The molecular formula is C18H18N2O4. The molecule has 1 aromatic carbocycles. The Bertz CT molecular complexity index is 891. The molecule has 1 heterocycles. The van der Waals surface area contributed by atoms with Crippen molar-refractivity contribution in [2.24, 2.45) is 7.05 Å². The first-order valence-corrected chi connectivity index (χ1v) is 7.53. The van der Waals surface area contributed by atoms with E-state index in [1.807, 2.05) is 6.92 Å². The topological polar surface area (TPSA) is 92.3 Å². The smallest absolute Gasteiger partial charge is 0.271 e. The molecule has 0 fully saturated rings. The summed E-state index contributed by atoms with van der Waals surface area (Å²) in [6, 6.07) is 8.49.